The molecule has 0 aliphatic rings. The van der Waals surface area contributed by atoms with Crippen molar-refractivity contribution in [1.82, 2.24) is 9.55 Å². The molecule has 0 aliphatic carbocycles. The molecule has 0 radical (unpaired) electrons. The summed E-state index contributed by atoms with van der Waals surface area (Å²) in [6.07, 6.45) is 3.79. The predicted octanol–water partition coefficient (Wildman–Crippen LogP) is 6.55. The predicted molar refractivity (Wildman–Crippen MR) is 122 cm³/mol. The van der Waals surface area contributed by atoms with Crippen molar-refractivity contribution < 1.29 is 0 Å². The van der Waals surface area contributed by atoms with Crippen molar-refractivity contribution in [2.45, 2.75) is 13.8 Å². The first-order chi connectivity index (χ1) is 14.2. The van der Waals surface area contributed by atoms with Crippen LogP contribution in [0, 0.1) is 13.8 Å². The maximum atomic E-state index is 4.74. The van der Waals surface area contributed by atoms with Gasteiger partial charge in [0.2, 0.25) is 0 Å². The van der Waals surface area contributed by atoms with Gasteiger partial charge in [-0.25, -0.2) is 0 Å². The molecule has 29 heavy (non-hydrogen) atoms. The van der Waals surface area contributed by atoms with Crippen LogP contribution in [0.2, 0.25) is 0 Å². The van der Waals surface area contributed by atoms with Gasteiger partial charge in [0.05, 0.1) is 11.2 Å². The highest BCUT2D eigenvalue weighted by Gasteiger charge is 2.10. The zero-order valence-corrected chi connectivity index (χ0v) is 16.5. The van der Waals surface area contributed by atoms with Gasteiger partial charge in [0.1, 0.15) is 0 Å². The molecule has 0 atom stereocenters. The number of pyridine rings is 1. The number of aromatic nitrogens is 2. The molecule has 2 heterocycles. The Morgan fingerprint density at radius 1 is 0.793 bits per heavy atom. The first-order valence-electron chi connectivity index (χ1n) is 9.76. The number of hydrogen-bond donors (Lipinski definition) is 0. The summed E-state index contributed by atoms with van der Waals surface area (Å²) in [6, 6.07) is 27.3. The van der Waals surface area contributed by atoms with E-state index in [-0.39, 0.29) is 0 Å². The van der Waals surface area contributed by atoms with Gasteiger partial charge >= 0.3 is 0 Å². The first kappa shape index (κ1) is 17.4. The smallest absolute Gasteiger partial charge is 0.0703 e. The molecule has 140 valence electrons. The Balaban J connectivity index is 1.52. The Morgan fingerprint density at radius 2 is 1.62 bits per heavy atom. The van der Waals surface area contributed by atoms with Crippen LogP contribution in [-0.2, 0) is 0 Å². The fourth-order valence-electron chi connectivity index (χ4n) is 3.92. The van der Waals surface area contributed by atoms with Crippen molar-refractivity contribution in [2.24, 2.45) is 4.99 Å². The van der Waals surface area contributed by atoms with Crippen LogP contribution in [0.15, 0.2) is 90.1 Å². The van der Waals surface area contributed by atoms with Gasteiger partial charge < -0.3 is 4.57 Å². The SMILES string of the molecule is Cc1cc(C=Nc2ccc3ccccc3c2)c(C)n1-c1ccc2ncccc2c1. The minimum atomic E-state index is 0.963. The van der Waals surface area contributed by atoms with Crippen LogP contribution in [0.3, 0.4) is 0 Å². The number of rotatable bonds is 3. The monoisotopic (exact) mass is 375 g/mol. The quantitative estimate of drug-likeness (QED) is 0.329. The van der Waals surface area contributed by atoms with E-state index in [9.17, 15) is 0 Å². The van der Waals surface area contributed by atoms with E-state index < -0.39 is 0 Å². The number of hydrogen-bond acceptors (Lipinski definition) is 2. The van der Waals surface area contributed by atoms with E-state index in [1.54, 1.807) is 0 Å². The number of nitrogens with zero attached hydrogens (tertiary/aromatic N) is 3. The summed E-state index contributed by atoms with van der Waals surface area (Å²) in [5, 5.41) is 3.58. The molecule has 3 heteroatoms. The van der Waals surface area contributed by atoms with E-state index in [1.165, 1.54) is 22.2 Å². The van der Waals surface area contributed by atoms with Crippen molar-refractivity contribution in [1.29, 1.82) is 0 Å². The lowest BCUT2D eigenvalue weighted by molar-refractivity contribution is 0.967. The lowest BCUT2D eigenvalue weighted by atomic mass is 10.1. The highest BCUT2D eigenvalue weighted by molar-refractivity contribution is 5.88. The molecule has 3 aromatic carbocycles. The van der Waals surface area contributed by atoms with Gasteiger partial charge in [-0.15, -0.1) is 0 Å². The molecule has 0 bridgehead atoms. The second kappa shape index (κ2) is 7.02. The van der Waals surface area contributed by atoms with Crippen LogP contribution in [-0.4, -0.2) is 15.8 Å². The van der Waals surface area contributed by atoms with Crippen LogP contribution < -0.4 is 0 Å². The number of fused-ring (bicyclic) bond motifs is 2. The van der Waals surface area contributed by atoms with E-state index in [1.807, 2.05) is 18.5 Å². The van der Waals surface area contributed by atoms with Gasteiger partial charge in [-0.1, -0.05) is 36.4 Å². The molecule has 0 aliphatic heterocycles. The van der Waals surface area contributed by atoms with Crippen molar-refractivity contribution in [3.8, 4) is 5.69 Å². The van der Waals surface area contributed by atoms with Crippen LogP contribution in [0.1, 0.15) is 17.0 Å². The van der Waals surface area contributed by atoms with Crippen molar-refractivity contribution in [3.05, 3.63) is 102 Å². The van der Waals surface area contributed by atoms with E-state index in [0.29, 0.717) is 0 Å². The molecular formula is C26H21N3. The fourth-order valence-corrected chi connectivity index (χ4v) is 3.92. The first-order valence-corrected chi connectivity index (χ1v) is 9.76. The maximum absolute atomic E-state index is 4.74. The Kier molecular flexibility index (Phi) is 4.21. The highest BCUT2D eigenvalue weighted by Crippen LogP contribution is 2.24. The van der Waals surface area contributed by atoms with E-state index in [4.69, 9.17) is 4.99 Å². The molecule has 0 unspecified atom stereocenters. The number of aliphatic imine (C=N–C) groups is 1. The Bertz CT molecular complexity index is 1380. The summed E-state index contributed by atoms with van der Waals surface area (Å²) in [7, 11) is 0. The largest absolute Gasteiger partial charge is 0.318 e. The van der Waals surface area contributed by atoms with E-state index in [2.05, 4.69) is 96.2 Å². The molecular weight excluding hydrogens is 354 g/mol. The Hall–Kier alpha value is -3.72. The van der Waals surface area contributed by atoms with Crippen LogP contribution in [0.25, 0.3) is 27.4 Å². The van der Waals surface area contributed by atoms with Gasteiger partial charge in [-0.3, -0.25) is 9.98 Å². The fraction of sp³-hybridized carbons (Fsp3) is 0.0769. The lowest BCUT2D eigenvalue weighted by Gasteiger charge is -2.10. The minimum Gasteiger partial charge on any atom is -0.318 e. The average Bonchev–Trinajstić information content (AvgIpc) is 3.04. The zero-order chi connectivity index (χ0) is 19.8. The topological polar surface area (TPSA) is 30.2 Å². The molecule has 5 rings (SSSR count). The van der Waals surface area contributed by atoms with Crippen molar-refractivity contribution in [3.63, 3.8) is 0 Å². The molecule has 2 aromatic heterocycles. The molecule has 5 aromatic rings. The summed E-state index contributed by atoms with van der Waals surface area (Å²) < 4.78 is 2.27. The van der Waals surface area contributed by atoms with Crippen LogP contribution in [0.5, 0.6) is 0 Å². The van der Waals surface area contributed by atoms with Gasteiger partial charge in [0.15, 0.2) is 0 Å². The van der Waals surface area contributed by atoms with Gasteiger partial charge in [-0.05, 0) is 67.1 Å². The average molecular weight is 375 g/mol. The lowest BCUT2D eigenvalue weighted by Crippen LogP contribution is -1.99. The molecule has 0 spiro atoms. The zero-order valence-electron chi connectivity index (χ0n) is 16.5. The molecule has 0 saturated carbocycles. The highest BCUT2D eigenvalue weighted by atomic mass is 15.0. The number of aryl methyl sites for hydroxylation is 1. The van der Waals surface area contributed by atoms with Gasteiger partial charge in [-0.2, -0.15) is 0 Å². The third-order valence-corrected chi connectivity index (χ3v) is 5.40. The van der Waals surface area contributed by atoms with Crippen molar-refractivity contribution in [2.75, 3.05) is 0 Å². The van der Waals surface area contributed by atoms with Gasteiger partial charge in [0, 0.05) is 40.4 Å². The van der Waals surface area contributed by atoms with Crippen LogP contribution >= 0.6 is 0 Å². The summed E-state index contributed by atoms with van der Waals surface area (Å²) >= 11 is 0. The van der Waals surface area contributed by atoms with Crippen LogP contribution in [0.4, 0.5) is 5.69 Å². The summed E-state index contributed by atoms with van der Waals surface area (Å²) in [5.74, 6) is 0. The second-order valence-electron chi connectivity index (χ2n) is 7.33. The maximum Gasteiger partial charge on any atom is 0.0703 e. The third kappa shape index (κ3) is 3.21. The number of benzene rings is 3. The Morgan fingerprint density at radius 3 is 2.52 bits per heavy atom. The molecule has 0 N–H and O–H groups in total. The third-order valence-electron chi connectivity index (χ3n) is 5.40. The molecule has 0 amide bonds. The van der Waals surface area contributed by atoms with Crippen molar-refractivity contribution >= 4 is 33.6 Å². The van der Waals surface area contributed by atoms with E-state index in [0.717, 1.165) is 27.8 Å². The minimum absolute atomic E-state index is 0.963. The summed E-state index contributed by atoms with van der Waals surface area (Å²) in [6.45, 7) is 4.27. The normalized spacial score (nSPS) is 11.7. The van der Waals surface area contributed by atoms with E-state index >= 15 is 0 Å². The summed E-state index contributed by atoms with van der Waals surface area (Å²) in [5.41, 5.74) is 6.61. The molecule has 3 nitrogen and oxygen atoms in total. The summed E-state index contributed by atoms with van der Waals surface area (Å²) in [4.78, 5) is 9.16. The Labute approximate surface area is 170 Å². The second-order valence-corrected chi connectivity index (χ2v) is 7.33. The molecule has 0 saturated heterocycles. The van der Waals surface area contributed by atoms with Gasteiger partial charge in [0.25, 0.3) is 0 Å². The molecule has 0 fully saturated rings. The standard InChI is InChI=1S/C26H21N3/c1-18-14-23(17-28-24-10-9-20-6-3-4-7-21(20)15-24)19(2)29(18)25-11-12-26-22(16-25)8-5-13-27-26/h3-17H,1-2H3.